The van der Waals surface area contributed by atoms with Crippen molar-refractivity contribution in [2.45, 2.75) is 0 Å². The molecule has 0 saturated heterocycles. The molecule has 0 amide bonds. The van der Waals surface area contributed by atoms with Gasteiger partial charge in [-0.25, -0.2) is 0 Å². The van der Waals surface area contributed by atoms with Crippen molar-refractivity contribution < 1.29 is 15.9 Å². The number of nitrogens with one attached hydrogen (secondary N) is 2. The van der Waals surface area contributed by atoms with Crippen LogP contribution in [0.4, 0.5) is 0 Å². The van der Waals surface area contributed by atoms with Crippen LogP contribution in [0.25, 0.3) is 22.1 Å². The average Bonchev–Trinajstić information content (AvgIpc) is 3.17. The Labute approximate surface area is 136 Å². The van der Waals surface area contributed by atoms with Crippen LogP contribution in [0.1, 0.15) is 0 Å². The summed E-state index contributed by atoms with van der Waals surface area (Å²) in [4.78, 5) is 0. The number of aromatic amines is 2. The smallest absolute Gasteiger partial charge is 0.112 e. The van der Waals surface area contributed by atoms with E-state index in [9.17, 15) is 0 Å². The molecule has 0 radical (unpaired) electrons. The fourth-order valence-corrected chi connectivity index (χ4v) is 1.57. The van der Waals surface area contributed by atoms with E-state index in [0.717, 1.165) is 22.1 Å². The molecule has 0 fully saturated rings. The summed E-state index contributed by atoms with van der Waals surface area (Å²) in [5.74, 6) is 0. The molecule has 0 saturated carbocycles. The van der Waals surface area contributed by atoms with Crippen molar-refractivity contribution in [3.63, 3.8) is 0 Å². The van der Waals surface area contributed by atoms with E-state index in [2.05, 4.69) is 30.8 Å². The number of benzene rings is 2. The molecule has 0 aliphatic carbocycles. The SMILES string of the molecule is [Cl][Pd][Cl].c1ccc2n[nH]nc2c1.c1ccc2n[nH]nc2c1. The first kappa shape index (κ1) is 15.9. The Morgan fingerprint density at radius 3 is 1.10 bits per heavy atom. The molecule has 0 unspecified atom stereocenters. The van der Waals surface area contributed by atoms with Gasteiger partial charge in [0.05, 0.1) is 0 Å². The number of para-hydroxylation sites is 4. The van der Waals surface area contributed by atoms with E-state index in [1.165, 1.54) is 0 Å². The predicted molar refractivity (Wildman–Crippen MR) is 79.5 cm³/mol. The van der Waals surface area contributed by atoms with Crippen LogP contribution in [0.15, 0.2) is 48.5 Å². The van der Waals surface area contributed by atoms with Gasteiger partial charge in [0.15, 0.2) is 0 Å². The number of aromatic nitrogens is 6. The Bertz CT molecular complexity index is 661. The van der Waals surface area contributed by atoms with Crippen molar-refractivity contribution >= 4 is 41.1 Å². The van der Waals surface area contributed by atoms with Gasteiger partial charge < -0.3 is 0 Å². The van der Waals surface area contributed by atoms with Crippen LogP contribution in [-0.2, 0) is 15.9 Å². The molecule has 112 valence electrons. The van der Waals surface area contributed by atoms with Gasteiger partial charge in [-0.3, -0.25) is 0 Å². The van der Waals surface area contributed by atoms with Crippen LogP contribution in [0.3, 0.4) is 0 Å². The van der Waals surface area contributed by atoms with Crippen LogP contribution in [-0.4, -0.2) is 30.8 Å². The third-order valence-corrected chi connectivity index (χ3v) is 2.45. The molecule has 0 aliphatic heterocycles. The Balaban J connectivity index is 0.000000130. The summed E-state index contributed by atoms with van der Waals surface area (Å²) in [6.45, 7) is 0. The molecule has 0 spiro atoms. The second kappa shape index (κ2) is 8.70. The van der Waals surface area contributed by atoms with E-state index >= 15 is 0 Å². The van der Waals surface area contributed by atoms with Gasteiger partial charge in [-0.05, 0) is 24.3 Å². The van der Waals surface area contributed by atoms with Crippen LogP contribution in [0, 0.1) is 0 Å². The molecule has 4 rings (SSSR count). The molecule has 2 N–H and O–H groups in total. The summed E-state index contributed by atoms with van der Waals surface area (Å²) < 4.78 is 0. The van der Waals surface area contributed by atoms with Gasteiger partial charge in [-0.15, -0.1) is 0 Å². The van der Waals surface area contributed by atoms with Gasteiger partial charge in [0.2, 0.25) is 0 Å². The molecule has 2 aromatic carbocycles. The molecule has 2 heterocycles. The molecule has 6 nitrogen and oxygen atoms in total. The topological polar surface area (TPSA) is 83.1 Å². The standard InChI is InChI=1S/2C6H5N3.2ClH.Pd/c2*1-2-4-6-5(3-1)7-9-8-6;;;/h2*1-4H,(H,7,8,9);2*1H;/q;;;;+2/p-2. The van der Waals surface area contributed by atoms with Crippen LogP contribution in [0.5, 0.6) is 0 Å². The van der Waals surface area contributed by atoms with Gasteiger partial charge >= 0.3 is 35.0 Å². The largest absolute Gasteiger partial charge is 0.197 e. The Kier molecular flexibility index (Phi) is 6.57. The third-order valence-electron chi connectivity index (χ3n) is 2.45. The minimum Gasteiger partial charge on any atom is -0.197 e. The Hall–Kier alpha value is -1.52. The zero-order chi connectivity index (χ0) is 14.9. The maximum atomic E-state index is 4.81. The maximum absolute atomic E-state index is 4.81. The minimum atomic E-state index is -0.106. The number of rotatable bonds is 0. The van der Waals surface area contributed by atoms with Crippen molar-refractivity contribution in [1.29, 1.82) is 0 Å². The molecular formula is C12H10Cl2N6Pd. The second-order valence-corrected chi connectivity index (χ2v) is 6.03. The van der Waals surface area contributed by atoms with Gasteiger partial charge in [0.25, 0.3) is 0 Å². The number of halogens is 2. The van der Waals surface area contributed by atoms with Crippen LogP contribution < -0.4 is 0 Å². The second-order valence-electron chi connectivity index (χ2n) is 3.67. The van der Waals surface area contributed by atoms with Gasteiger partial charge in [-0.2, -0.15) is 30.8 Å². The molecule has 0 aliphatic rings. The van der Waals surface area contributed by atoms with Crippen molar-refractivity contribution in [2.24, 2.45) is 0 Å². The summed E-state index contributed by atoms with van der Waals surface area (Å²) in [7, 11) is 9.63. The zero-order valence-electron chi connectivity index (χ0n) is 10.5. The number of hydrogen-bond acceptors (Lipinski definition) is 4. The molecule has 21 heavy (non-hydrogen) atoms. The monoisotopic (exact) mass is 414 g/mol. The number of hydrogen-bond donors (Lipinski definition) is 2. The van der Waals surface area contributed by atoms with E-state index in [0.29, 0.717) is 0 Å². The van der Waals surface area contributed by atoms with E-state index in [1.54, 1.807) is 0 Å². The summed E-state index contributed by atoms with van der Waals surface area (Å²) in [6.07, 6.45) is 0. The number of H-pyrrole nitrogens is 2. The molecule has 2 aromatic heterocycles. The van der Waals surface area contributed by atoms with E-state index < -0.39 is 0 Å². The Morgan fingerprint density at radius 1 is 0.619 bits per heavy atom. The number of fused-ring (bicyclic) bond motifs is 2. The summed E-state index contributed by atoms with van der Waals surface area (Å²) in [6, 6.07) is 15.4. The van der Waals surface area contributed by atoms with Crippen molar-refractivity contribution in [3.8, 4) is 0 Å². The van der Waals surface area contributed by atoms with Crippen molar-refractivity contribution in [1.82, 2.24) is 30.8 Å². The molecule has 4 aromatic rings. The summed E-state index contributed by atoms with van der Waals surface area (Å²) in [5, 5.41) is 20.6. The normalized spacial score (nSPS) is 9.81. The first-order valence-corrected chi connectivity index (χ1v) is 9.69. The first-order chi connectivity index (χ1) is 10.3. The quantitative estimate of drug-likeness (QED) is 0.432. The van der Waals surface area contributed by atoms with E-state index in [1.807, 2.05) is 48.5 Å². The zero-order valence-corrected chi connectivity index (χ0v) is 13.5. The fourth-order valence-electron chi connectivity index (χ4n) is 1.57. The fraction of sp³-hybridized carbons (Fsp3) is 0. The van der Waals surface area contributed by atoms with E-state index in [4.69, 9.17) is 19.1 Å². The Morgan fingerprint density at radius 2 is 0.857 bits per heavy atom. The summed E-state index contributed by atoms with van der Waals surface area (Å²) >= 11 is -0.106. The minimum absolute atomic E-state index is 0.106. The first-order valence-electron chi connectivity index (χ1n) is 5.68. The van der Waals surface area contributed by atoms with Crippen molar-refractivity contribution in [2.75, 3.05) is 0 Å². The van der Waals surface area contributed by atoms with E-state index in [-0.39, 0.29) is 15.9 Å². The predicted octanol–water partition coefficient (Wildman–Crippen LogP) is 3.29. The molecule has 9 heteroatoms. The van der Waals surface area contributed by atoms with Crippen LogP contribution >= 0.6 is 19.1 Å². The molecule has 0 atom stereocenters. The third kappa shape index (κ3) is 4.76. The molecular weight excluding hydrogens is 406 g/mol. The average molecular weight is 416 g/mol. The summed E-state index contributed by atoms with van der Waals surface area (Å²) in [5.41, 5.74) is 3.66. The van der Waals surface area contributed by atoms with Gasteiger partial charge in [-0.1, -0.05) is 24.3 Å². The van der Waals surface area contributed by atoms with Gasteiger partial charge in [0, 0.05) is 0 Å². The maximum Gasteiger partial charge on any atom is 0.112 e. The van der Waals surface area contributed by atoms with Crippen LogP contribution in [0.2, 0.25) is 0 Å². The van der Waals surface area contributed by atoms with Crippen molar-refractivity contribution in [3.05, 3.63) is 48.5 Å². The van der Waals surface area contributed by atoms with Gasteiger partial charge in [0.1, 0.15) is 22.1 Å². The molecule has 0 bridgehead atoms. The number of nitrogens with zero attached hydrogens (tertiary/aromatic N) is 4.